The van der Waals surface area contributed by atoms with Crippen molar-refractivity contribution in [3.05, 3.63) is 109 Å². The van der Waals surface area contributed by atoms with Crippen LogP contribution in [0.4, 0.5) is 5.82 Å². The first-order valence-electron chi connectivity index (χ1n) is 11.9. The molecular weight excluding hydrogens is 574 g/mol. The van der Waals surface area contributed by atoms with Gasteiger partial charge in [-0.3, -0.25) is 9.59 Å². The zero-order valence-corrected chi connectivity index (χ0v) is 22.8. The summed E-state index contributed by atoms with van der Waals surface area (Å²) in [6.07, 6.45) is 2.71. The Labute approximate surface area is 240 Å². The number of thiophene rings is 1. The van der Waals surface area contributed by atoms with Gasteiger partial charge in [-0.05, 0) is 42.5 Å². The summed E-state index contributed by atoms with van der Waals surface area (Å²) in [7, 11) is 1.22. The van der Waals surface area contributed by atoms with Crippen molar-refractivity contribution in [3.63, 3.8) is 0 Å². The van der Waals surface area contributed by atoms with Gasteiger partial charge in [0.15, 0.2) is 0 Å². The Morgan fingerprint density at radius 3 is 2.46 bits per heavy atom. The number of carboxylic acid groups (broad SMARTS) is 1. The van der Waals surface area contributed by atoms with Crippen LogP contribution in [-0.2, 0) is 17.8 Å². The van der Waals surface area contributed by atoms with E-state index in [1.807, 2.05) is 6.07 Å². The topological polar surface area (TPSA) is 159 Å². The number of carboxylic acids is 1. The summed E-state index contributed by atoms with van der Waals surface area (Å²) < 4.78 is 12.7. The number of ether oxygens (including phenoxy) is 1. The smallest absolute Gasteiger partial charge is 0.339 e. The van der Waals surface area contributed by atoms with Gasteiger partial charge in [-0.2, -0.15) is 9.78 Å². The van der Waals surface area contributed by atoms with E-state index in [0.29, 0.717) is 16.6 Å². The monoisotopic (exact) mass is 593 g/mol. The molecule has 0 radical (unpaired) electrons. The molecule has 14 heteroatoms. The summed E-state index contributed by atoms with van der Waals surface area (Å²) in [4.78, 5) is 51.6. The van der Waals surface area contributed by atoms with Crippen molar-refractivity contribution in [1.82, 2.24) is 19.5 Å². The van der Waals surface area contributed by atoms with E-state index < -0.39 is 23.4 Å². The summed E-state index contributed by atoms with van der Waals surface area (Å²) in [6, 6.07) is 13.4. The van der Waals surface area contributed by atoms with Crippen LogP contribution in [0.2, 0.25) is 4.34 Å². The number of hydrogen-bond donors (Lipinski definition) is 2. The van der Waals surface area contributed by atoms with Crippen LogP contribution in [0.1, 0.15) is 41.6 Å². The molecule has 208 valence electrons. The molecule has 0 saturated carbocycles. The molecule has 12 nitrogen and oxygen atoms in total. The summed E-state index contributed by atoms with van der Waals surface area (Å²) in [5.41, 5.74) is 0.353. The van der Waals surface area contributed by atoms with E-state index in [4.69, 9.17) is 20.9 Å². The van der Waals surface area contributed by atoms with Crippen molar-refractivity contribution < 1.29 is 28.8 Å². The molecular formula is C27H20ClN5O7S. The molecule has 5 rings (SSSR count). The zero-order chi connectivity index (χ0) is 29.1. The van der Waals surface area contributed by atoms with Crippen molar-refractivity contribution >= 4 is 46.6 Å². The van der Waals surface area contributed by atoms with E-state index in [9.17, 15) is 24.3 Å². The van der Waals surface area contributed by atoms with Crippen LogP contribution in [0.15, 0.2) is 76.4 Å². The third-order valence-electron chi connectivity index (χ3n) is 5.96. The average molecular weight is 594 g/mol. The highest BCUT2D eigenvalue weighted by molar-refractivity contribution is 7.16. The van der Waals surface area contributed by atoms with Crippen molar-refractivity contribution in [2.45, 2.75) is 13.1 Å². The summed E-state index contributed by atoms with van der Waals surface area (Å²) in [5, 5.41) is 20.6. The molecule has 4 aromatic heterocycles. The van der Waals surface area contributed by atoms with Crippen LogP contribution in [0.25, 0.3) is 11.3 Å². The Hall–Kier alpha value is -5.01. The molecule has 0 unspecified atom stereocenters. The highest BCUT2D eigenvalue weighted by Gasteiger charge is 2.22. The molecule has 0 atom stereocenters. The summed E-state index contributed by atoms with van der Waals surface area (Å²) in [5.74, 6) is -2.13. The number of halogens is 1. The second-order valence-corrected chi connectivity index (χ2v) is 10.4. The molecule has 0 saturated heterocycles. The maximum Gasteiger partial charge on any atom is 0.339 e. The Bertz CT molecular complexity index is 1810. The molecule has 0 fully saturated rings. The predicted octanol–water partition coefficient (Wildman–Crippen LogP) is 4.25. The molecule has 0 spiro atoms. The van der Waals surface area contributed by atoms with Crippen LogP contribution in [0.3, 0.4) is 0 Å². The number of aromatic carboxylic acids is 1. The first-order valence-corrected chi connectivity index (χ1v) is 13.1. The highest BCUT2D eigenvalue weighted by atomic mass is 35.5. The standard InChI is InChI=1S/C27H20ClN5O7S/c1-39-27(38)17-10-20(25(35)32(13-17)14-18-8-9-40-31-18)21-11-23(29-12-19-6-7-22(28)41-19)33(30-21)24(34)15-2-4-16(5-3-15)26(36)37/h2-11,13,29H,12,14H2,1H3,(H,36,37). The van der Waals surface area contributed by atoms with Gasteiger partial charge in [0.25, 0.3) is 11.5 Å². The number of carbonyl (C=O) groups excluding carboxylic acids is 2. The van der Waals surface area contributed by atoms with Gasteiger partial charge in [0.2, 0.25) is 0 Å². The van der Waals surface area contributed by atoms with Gasteiger partial charge in [0.1, 0.15) is 23.5 Å². The second kappa shape index (κ2) is 11.6. The summed E-state index contributed by atoms with van der Waals surface area (Å²) >= 11 is 7.40. The molecule has 0 aliphatic carbocycles. The van der Waals surface area contributed by atoms with Crippen molar-refractivity contribution in [1.29, 1.82) is 0 Å². The van der Waals surface area contributed by atoms with E-state index in [1.165, 1.54) is 71.9 Å². The fraction of sp³-hybridized carbons (Fsp3) is 0.111. The second-order valence-electron chi connectivity index (χ2n) is 8.63. The Morgan fingerprint density at radius 2 is 1.83 bits per heavy atom. The third kappa shape index (κ3) is 5.95. The first-order chi connectivity index (χ1) is 19.7. The number of aromatic nitrogens is 4. The lowest BCUT2D eigenvalue weighted by atomic mass is 10.1. The SMILES string of the molecule is COC(=O)c1cc(-c2cc(NCc3ccc(Cl)s3)n(C(=O)c3ccc(C(=O)O)cc3)n2)c(=O)n(Cc2ccon2)c1. The van der Waals surface area contributed by atoms with E-state index >= 15 is 0 Å². The third-order valence-corrected chi connectivity index (χ3v) is 7.19. The minimum Gasteiger partial charge on any atom is -0.478 e. The fourth-order valence-electron chi connectivity index (χ4n) is 3.96. The van der Waals surface area contributed by atoms with Gasteiger partial charge in [-0.1, -0.05) is 16.8 Å². The molecule has 0 bridgehead atoms. The van der Waals surface area contributed by atoms with E-state index in [2.05, 4.69) is 15.6 Å². The number of pyridine rings is 1. The van der Waals surface area contributed by atoms with Crippen LogP contribution in [0.5, 0.6) is 0 Å². The lowest BCUT2D eigenvalue weighted by Gasteiger charge is -2.09. The Morgan fingerprint density at radius 1 is 1.07 bits per heavy atom. The Kier molecular flexibility index (Phi) is 7.81. The lowest BCUT2D eigenvalue weighted by molar-refractivity contribution is 0.0598. The quantitative estimate of drug-likeness (QED) is 0.237. The molecule has 5 aromatic rings. The molecule has 0 aliphatic rings. The predicted molar refractivity (Wildman–Crippen MR) is 149 cm³/mol. The first kappa shape index (κ1) is 27.6. The number of rotatable bonds is 9. The number of hydrogen-bond acceptors (Lipinski definition) is 10. The van der Waals surface area contributed by atoms with E-state index in [-0.39, 0.29) is 40.3 Å². The molecule has 2 N–H and O–H groups in total. The number of nitrogens with one attached hydrogen (secondary N) is 1. The minimum absolute atomic E-state index is 0.00692. The molecule has 41 heavy (non-hydrogen) atoms. The largest absolute Gasteiger partial charge is 0.478 e. The van der Waals surface area contributed by atoms with Crippen LogP contribution in [0, 0.1) is 0 Å². The van der Waals surface area contributed by atoms with Crippen LogP contribution in [-0.4, -0.2) is 49.6 Å². The average Bonchev–Trinajstić information content (AvgIpc) is 3.74. The van der Waals surface area contributed by atoms with Gasteiger partial charge in [-0.15, -0.1) is 11.3 Å². The van der Waals surface area contributed by atoms with Gasteiger partial charge in [0.05, 0.1) is 41.2 Å². The van der Waals surface area contributed by atoms with Crippen molar-refractivity contribution in [2.24, 2.45) is 0 Å². The van der Waals surface area contributed by atoms with Crippen LogP contribution < -0.4 is 10.9 Å². The fourth-order valence-corrected chi connectivity index (χ4v) is 4.98. The number of methoxy groups -OCH3 is 1. The Balaban J connectivity index is 1.59. The number of anilines is 1. The van der Waals surface area contributed by atoms with Gasteiger partial charge in [0, 0.05) is 28.8 Å². The number of esters is 1. The number of benzene rings is 1. The molecule has 0 aliphatic heterocycles. The van der Waals surface area contributed by atoms with Crippen molar-refractivity contribution in [3.8, 4) is 11.3 Å². The lowest BCUT2D eigenvalue weighted by Crippen LogP contribution is -2.24. The zero-order valence-electron chi connectivity index (χ0n) is 21.2. The normalized spacial score (nSPS) is 10.9. The molecule has 0 amide bonds. The summed E-state index contributed by atoms with van der Waals surface area (Å²) in [6.45, 7) is 0.305. The minimum atomic E-state index is -1.13. The number of nitrogens with zero attached hydrogens (tertiary/aromatic N) is 4. The highest BCUT2D eigenvalue weighted by Crippen LogP contribution is 2.25. The maximum absolute atomic E-state index is 13.5. The number of carbonyl (C=O) groups is 3. The van der Waals surface area contributed by atoms with Gasteiger partial charge in [-0.25, -0.2) is 9.59 Å². The molecule has 4 heterocycles. The van der Waals surface area contributed by atoms with Gasteiger partial charge < -0.3 is 24.3 Å². The van der Waals surface area contributed by atoms with Gasteiger partial charge >= 0.3 is 11.9 Å². The maximum atomic E-state index is 13.5. The van der Waals surface area contributed by atoms with Crippen molar-refractivity contribution in [2.75, 3.05) is 12.4 Å². The van der Waals surface area contributed by atoms with E-state index in [0.717, 1.165) is 9.56 Å². The molecule has 1 aromatic carbocycles. The van der Waals surface area contributed by atoms with E-state index in [1.54, 1.807) is 12.1 Å². The van der Waals surface area contributed by atoms with Crippen LogP contribution >= 0.6 is 22.9 Å².